The smallest absolute Gasteiger partial charge is 0.146 e. The molecule has 0 spiro atoms. The average molecular weight is 296 g/mol. The summed E-state index contributed by atoms with van der Waals surface area (Å²) >= 11 is 0. The first kappa shape index (κ1) is 16.2. The van der Waals surface area contributed by atoms with Gasteiger partial charge in [0, 0.05) is 26.7 Å². The first-order chi connectivity index (χ1) is 10.2. The summed E-state index contributed by atoms with van der Waals surface area (Å²) < 4.78 is 19.3. The fourth-order valence-corrected chi connectivity index (χ4v) is 2.89. The highest BCUT2D eigenvalue weighted by Gasteiger charge is 2.31. The molecule has 2 rings (SSSR count). The van der Waals surface area contributed by atoms with Gasteiger partial charge in [0.1, 0.15) is 5.82 Å². The van der Waals surface area contributed by atoms with E-state index in [0.717, 1.165) is 25.1 Å². The zero-order chi connectivity index (χ0) is 15.2. The molecule has 1 saturated heterocycles. The van der Waals surface area contributed by atoms with Crippen molar-refractivity contribution in [3.8, 4) is 0 Å². The molecule has 1 heterocycles. The minimum Gasteiger partial charge on any atom is -0.394 e. The predicted molar refractivity (Wildman–Crippen MR) is 82.0 cm³/mol. The van der Waals surface area contributed by atoms with Crippen LogP contribution in [0.1, 0.15) is 18.9 Å². The topological polar surface area (TPSA) is 44.7 Å². The molecule has 1 aromatic carbocycles. The molecular weight excluding hydrogens is 271 g/mol. The third-order valence-corrected chi connectivity index (χ3v) is 4.20. The van der Waals surface area contributed by atoms with Crippen molar-refractivity contribution in [2.75, 3.05) is 38.3 Å². The Labute approximate surface area is 125 Å². The van der Waals surface area contributed by atoms with E-state index in [2.05, 4.69) is 12.2 Å². The third kappa shape index (κ3) is 3.93. The number of ether oxygens (including phenoxy) is 1. The first-order valence-corrected chi connectivity index (χ1v) is 7.53. The Morgan fingerprint density at radius 3 is 2.95 bits per heavy atom. The van der Waals surface area contributed by atoms with E-state index >= 15 is 0 Å². The van der Waals surface area contributed by atoms with Crippen molar-refractivity contribution in [2.45, 2.75) is 25.9 Å². The molecule has 4 nitrogen and oxygen atoms in total. The van der Waals surface area contributed by atoms with Gasteiger partial charge < -0.3 is 20.1 Å². The Hall–Kier alpha value is -1.17. The van der Waals surface area contributed by atoms with Crippen LogP contribution in [0.3, 0.4) is 0 Å². The van der Waals surface area contributed by atoms with Crippen molar-refractivity contribution in [3.63, 3.8) is 0 Å². The highest BCUT2D eigenvalue weighted by molar-refractivity contribution is 5.51. The number of anilines is 1. The summed E-state index contributed by atoms with van der Waals surface area (Å²) in [4.78, 5) is 1.99. The zero-order valence-electron chi connectivity index (χ0n) is 12.8. The molecule has 0 amide bonds. The zero-order valence-corrected chi connectivity index (χ0v) is 12.8. The fourth-order valence-electron chi connectivity index (χ4n) is 2.89. The van der Waals surface area contributed by atoms with E-state index in [1.54, 1.807) is 13.2 Å². The van der Waals surface area contributed by atoms with Crippen LogP contribution in [0.4, 0.5) is 10.1 Å². The van der Waals surface area contributed by atoms with E-state index < -0.39 is 0 Å². The van der Waals surface area contributed by atoms with E-state index in [1.807, 2.05) is 17.0 Å². The van der Waals surface area contributed by atoms with Crippen LogP contribution in [0.25, 0.3) is 0 Å². The standard InChI is InChI=1S/C16H25FN2O2/c1-12-5-7-19(16(12)11-20)15-4-3-13(9-14(15)17)10-18-6-8-21-2/h3-4,9,12,16,18,20H,5-8,10-11H2,1-2H3. The maximum Gasteiger partial charge on any atom is 0.146 e. The van der Waals surface area contributed by atoms with Gasteiger partial charge in [0.05, 0.1) is 24.9 Å². The summed E-state index contributed by atoms with van der Waals surface area (Å²) in [6.07, 6.45) is 0.991. The molecule has 2 N–H and O–H groups in total. The second-order valence-electron chi connectivity index (χ2n) is 5.66. The van der Waals surface area contributed by atoms with Crippen LogP contribution >= 0.6 is 0 Å². The molecule has 0 aliphatic carbocycles. The lowest BCUT2D eigenvalue weighted by molar-refractivity contribution is 0.199. The maximum atomic E-state index is 14.3. The minimum atomic E-state index is -0.214. The summed E-state index contributed by atoms with van der Waals surface area (Å²) in [5.74, 6) is 0.179. The van der Waals surface area contributed by atoms with Gasteiger partial charge >= 0.3 is 0 Å². The van der Waals surface area contributed by atoms with Crippen molar-refractivity contribution in [3.05, 3.63) is 29.6 Å². The molecule has 2 unspecified atom stereocenters. The van der Waals surface area contributed by atoms with Crippen molar-refractivity contribution >= 4 is 5.69 Å². The van der Waals surface area contributed by atoms with Gasteiger partial charge in [-0.15, -0.1) is 0 Å². The Bertz CT molecular complexity index is 456. The Morgan fingerprint density at radius 1 is 1.48 bits per heavy atom. The second kappa shape index (κ2) is 7.73. The Kier molecular flexibility index (Phi) is 5.96. The fraction of sp³-hybridized carbons (Fsp3) is 0.625. The van der Waals surface area contributed by atoms with Gasteiger partial charge in [-0.1, -0.05) is 13.0 Å². The molecule has 0 radical (unpaired) electrons. The normalized spacial score (nSPS) is 22.0. The van der Waals surface area contributed by atoms with Crippen molar-refractivity contribution in [1.82, 2.24) is 5.32 Å². The number of hydrogen-bond donors (Lipinski definition) is 2. The number of aliphatic hydroxyl groups excluding tert-OH is 1. The van der Waals surface area contributed by atoms with Crippen LogP contribution in [0.2, 0.25) is 0 Å². The maximum absolute atomic E-state index is 14.3. The Balaban J connectivity index is 2.02. The molecule has 0 aromatic heterocycles. The molecule has 1 aliphatic heterocycles. The van der Waals surface area contributed by atoms with Crippen LogP contribution < -0.4 is 10.2 Å². The van der Waals surface area contributed by atoms with Crippen molar-refractivity contribution < 1.29 is 14.2 Å². The quantitative estimate of drug-likeness (QED) is 0.753. The van der Waals surface area contributed by atoms with E-state index in [9.17, 15) is 9.50 Å². The summed E-state index contributed by atoms with van der Waals surface area (Å²) in [5, 5.41) is 12.7. The second-order valence-corrected chi connectivity index (χ2v) is 5.66. The lowest BCUT2D eigenvalue weighted by atomic mass is 10.0. The molecule has 118 valence electrons. The summed E-state index contributed by atoms with van der Waals surface area (Å²) in [6.45, 7) is 4.99. The highest BCUT2D eigenvalue weighted by Crippen LogP contribution is 2.31. The Morgan fingerprint density at radius 2 is 2.29 bits per heavy atom. The molecule has 0 saturated carbocycles. The predicted octanol–water partition coefficient (Wildman–Crippen LogP) is 1.77. The largest absolute Gasteiger partial charge is 0.394 e. The highest BCUT2D eigenvalue weighted by atomic mass is 19.1. The lowest BCUT2D eigenvalue weighted by Gasteiger charge is -2.27. The van der Waals surface area contributed by atoms with Crippen LogP contribution in [0, 0.1) is 11.7 Å². The summed E-state index contributed by atoms with van der Waals surface area (Å²) in [5.41, 5.74) is 1.51. The van der Waals surface area contributed by atoms with Gasteiger partial charge in [0.2, 0.25) is 0 Å². The number of benzene rings is 1. The van der Waals surface area contributed by atoms with Gasteiger partial charge in [0.25, 0.3) is 0 Å². The van der Waals surface area contributed by atoms with Gasteiger partial charge in [-0.25, -0.2) is 4.39 Å². The molecule has 21 heavy (non-hydrogen) atoms. The molecule has 0 bridgehead atoms. The van der Waals surface area contributed by atoms with Crippen LogP contribution in [-0.2, 0) is 11.3 Å². The summed E-state index contributed by atoms with van der Waals surface area (Å²) in [6, 6.07) is 5.36. The van der Waals surface area contributed by atoms with Crippen LogP contribution in [0.5, 0.6) is 0 Å². The molecule has 1 aromatic rings. The molecule has 1 fully saturated rings. The first-order valence-electron chi connectivity index (χ1n) is 7.53. The number of nitrogens with zero attached hydrogens (tertiary/aromatic N) is 1. The molecule has 1 aliphatic rings. The van der Waals surface area contributed by atoms with Gasteiger partial charge in [-0.2, -0.15) is 0 Å². The average Bonchev–Trinajstić information content (AvgIpc) is 2.84. The third-order valence-electron chi connectivity index (χ3n) is 4.20. The van der Waals surface area contributed by atoms with E-state index in [1.165, 1.54) is 0 Å². The molecule has 5 heteroatoms. The van der Waals surface area contributed by atoms with Crippen molar-refractivity contribution in [2.24, 2.45) is 5.92 Å². The SMILES string of the molecule is COCCNCc1ccc(N2CCC(C)C2CO)c(F)c1. The van der Waals surface area contributed by atoms with E-state index in [4.69, 9.17) is 4.74 Å². The lowest BCUT2D eigenvalue weighted by Crippen LogP contribution is -2.35. The number of aliphatic hydroxyl groups is 1. The number of rotatable bonds is 7. The van der Waals surface area contributed by atoms with E-state index in [-0.39, 0.29) is 18.5 Å². The molecule has 2 atom stereocenters. The number of halogens is 1. The number of methoxy groups -OCH3 is 1. The molecular formula is C16H25FN2O2. The van der Waals surface area contributed by atoms with Crippen LogP contribution in [0.15, 0.2) is 18.2 Å². The van der Waals surface area contributed by atoms with Crippen LogP contribution in [-0.4, -0.2) is 44.6 Å². The van der Waals surface area contributed by atoms with Crippen molar-refractivity contribution in [1.29, 1.82) is 0 Å². The minimum absolute atomic E-state index is 0.0187. The number of hydrogen-bond acceptors (Lipinski definition) is 4. The monoisotopic (exact) mass is 296 g/mol. The summed E-state index contributed by atoms with van der Waals surface area (Å²) in [7, 11) is 1.66. The van der Waals surface area contributed by atoms with Gasteiger partial charge in [0.15, 0.2) is 0 Å². The number of nitrogens with one attached hydrogen (secondary N) is 1. The van der Waals surface area contributed by atoms with Gasteiger partial charge in [-0.3, -0.25) is 0 Å². The van der Waals surface area contributed by atoms with E-state index in [0.29, 0.717) is 24.8 Å². The van der Waals surface area contributed by atoms with Gasteiger partial charge in [-0.05, 0) is 30.0 Å².